The average Bonchev–Trinajstić information content (AvgIpc) is 3.04. The van der Waals surface area contributed by atoms with Crippen molar-refractivity contribution in [2.75, 3.05) is 0 Å². The number of rotatable bonds is 5. The third-order valence-corrected chi connectivity index (χ3v) is 4.27. The van der Waals surface area contributed by atoms with Crippen LogP contribution in [0.4, 0.5) is 4.39 Å². The molecule has 1 fully saturated rings. The van der Waals surface area contributed by atoms with Crippen molar-refractivity contribution in [2.24, 2.45) is 5.92 Å². The summed E-state index contributed by atoms with van der Waals surface area (Å²) in [6.07, 6.45) is 1.68. The lowest BCUT2D eigenvalue weighted by Crippen LogP contribution is -2.15. The highest BCUT2D eigenvalue weighted by atomic mass is 19.1. The predicted molar refractivity (Wildman–Crippen MR) is 85.7 cm³/mol. The van der Waals surface area contributed by atoms with Crippen LogP contribution in [0.15, 0.2) is 48.5 Å². The molecular weight excluding hydrogens is 311 g/mol. The zero-order chi connectivity index (χ0) is 17.1. The Morgan fingerprint density at radius 1 is 1.04 bits per heavy atom. The first-order chi connectivity index (χ1) is 11.5. The first kappa shape index (κ1) is 16.2. The number of hydrogen-bond acceptors (Lipinski definition) is 3. The van der Waals surface area contributed by atoms with Gasteiger partial charge in [0.15, 0.2) is 5.78 Å². The van der Waals surface area contributed by atoms with Gasteiger partial charge >= 0.3 is 5.97 Å². The Bertz CT molecular complexity index is 754. The van der Waals surface area contributed by atoms with E-state index < -0.39 is 11.8 Å². The fourth-order valence-corrected chi connectivity index (χ4v) is 2.95. The number of ether oxygens (including phenoxy) is 1. The average molecular weight is 328 g/mol. The van der Waals surface area contributed by atoms with Gasteiger partial charge in [-0.2, -0.15) is 0 Å². The summed E-state index contributed by atoms with van der Waals surface area (Å²) in [5, 5.41) is 9.00. The molecule has 0 bridgehead atoms. The summed E-state index contributed by atoms with van der Waals surface area (Å²) in [6, 6.07) is 12.4. The highest BCUT2D eigenvalue weighted by molar-refractivity contribution is 6.09. The van der Waals surface area contributed by atoms with Gasteiger partial charge in [0, 0.05) is 5.56 Å². The van der Waals surface area contributed by atoms with Crippen LogP contribution >= 0.6 is 0 Å². The van der Waals surface area contributed by atoms with Crippen LogP contribution in [0.5, 0.6) is 5.75 Å². The van der Waals surface area contributed by atoms with Crippen LogP contribution in [0.3, 0.4) is 0 Å². The van der Waals surface area contributed by atoms with Crippen molar-refractivity contribution in [1.29, 1.82) is 0 Å². The van der Waals surface area contributed by atoms with E-state index in [4.69, 9.17) is 9.84 Å². The lowest BCUT2D eigenvalue weighted by molar-refractivity contribution is -0.141. The molecule has 0 saturated heterocycles. The van der Waals surface area contributed by atoms with Crippen molar-refractivity contribution in [3.63, 3.8) is 0 Å². The Balaban J connectivity index is 1.67. The van der Waals surface area contributed by atoms with Gasteiger partial charge in [-0.25, -0.2) is 4.39 Å². The minimum atomic E-state index is -0.785. The molecule has 0 heterocycles. The lowest BCUT2D eigenvalue weighted by atomic mass is 10.0. The van der Waals surface area contributed by atoms with Crippen LogP contribution in [0, 0.1) is 11.7 Å². The highest BCUT2D eigenvalue weighted by Gasteiger charge is 2.30. The summed E-state index contributed by atoms with van der Waals surface area (Å²) >= 11 is 0. The lowest BCUT2D eigenvalue weighted by Gasteiger charge is -2.13. The van der Waals surface area contributed by atoms with Gasteiger partial charge in [0.25, 0.3) is 0 Å². The summed E-state index contributed by atoms with van der Waals surface area (Å²) in [4.78, 5) is 23.3. The molecule has 24 heavy (non-hydrogen) atoms. The maximum Gasteiger partial charge on any atom is 0.306 e. The molecule has 3 rings (SSSR count). The van der Waals surface area contributed by atoms with Gasteiger partial charge in [0.05, 0.1) is 17.6 Å². The molecule has 0 aliphatic heterocycles. The molecule has 1 aliphatic rings. The number of halogens is 1. The number of ketones is 1. The topological polar surface area (TPSA) is 63.6 Å². The van der Waals surface area contributed by atoms with Crippen molar-refractivity contribution >= 4 is 11.8 Å². The molecule has 2 aromatic rings. The van der Waals surface area contributed by atoms with Gasteiger partial charge < -0.3 is 9.84 Å². The molecule has 1 N–H and O–H groups in total. The summed E-state index contributed by atoms with van der Waals surface area (Å²) in [5.74, 6) is -1.49. The molecule has 1 saturated carbocycles. The van der Waals surface area contributed by atoms with Crippen LogP contribution < -0.4 is 4.74 Å². The zero-order valence-corrected chi connectivity index (χ0v) is 12.9. The fourth-order valence-electron chi connectivity index (χ4n) is 2.95. The van der Waals surface area contributed by atoms with E-state index >= 15 is 0 Å². The molecule has 0 amide bonds. The van der Waals surface area contributed by atoms with E-state index in [1.807, 2.05) is 0 Å². The van der Waals surface area contributed by atoms with Crippen LogP contribution in [0.1, 0.15) is 35.2 Å². The Labute approximate surface area is 138 Å². The van der Waals surface area contributed by atoms with Crippen molar-refractivity contribution < 1.29 is 23.8 Å². The fraction of sp³-hybridized carbons (Fsp3) is 0.263. The quantitative estimate of drug-likeness (QED) is 0.850. The molecule has 5 heteroatoms. The Morgan fingerprint density at radius 2 is 1.75 bits per heavy atom. The molecule has 0 radical (unpaired) electrons. The molecule has 0 aromatic heterocycles. The van der Waals surface area contributed by atoms with Gasteiger partial charge in [-0.15, -0.1) is 0 Å². The van der Waals surface area contributed by atoms with E-state index in [9.17, 15) is 14.0 Å². The van der Waals surface area contributed by atoms with Gasteiger partial charge in [-0.05, 0) is 55.7 Å². The molecule has 0 unspecified atom stereocenters. The largest absolute Gasteiger partial charge is 0.490 e. The molecular formula is C19H17FO4. The highest BCUT2D eigenvalue weighted by Crippen LogP contribution is 2.29. The van der Waals surface area contributed by atoms with Crippen LogP contribution in [-0.2, 0) is 4.79 Å². The predicted octanol–water partition coefficient (Wildman–Crippen LogP) is 3.69. The van der Waals surface area contributed by atoms with Gasteiger partial charge in [-0.3, -0.25) is 9.59 Å². The molecule has 2 atom stereocenters. The number of aliphatic carboxylic acids is 1. The normalized spacial score (nSPS) is 19.9. The van der Waals surface area contributed by atoms with Gasteiger partial charge in [-0.1, -0.05) is 12.1 Å². The first-order valence-electron chi connectivity index (χ1n) is 7.83. The minimum absolute atomic E-state index is 0.0336. The van der Waals surface area contributed by atoms with E-state index in [-0.39, 0.29) is 23.4 Å². The number of carboxylic acids is 1. The van der Waals surface area contributed by atoms with Crippen molar-refractivity contribution in [1.82, 2.24) is 0 Å². The first-order valence-corrected chi connectivity index (χ1v) is 7.83. The smallest absolute Gasteiger partial charge is 0.306 e. The van der Waals surface area contributed by atoms with Crippen LogP contribution in [0.25, 0.3) is 0 Å². The summed E-state index contributed by atoms with van der Waals surface area (Å²) in [6.45, 7) is 0. The summed E-state index contributed by atoms with van der Waals surface area (Å²) < 4.78 is 19.5. The van der Waals surface area contributed by atoms with Crippen LogP contribution in [0.2, 0.25) is 0 Å². The van der Waals surface area contributed by atoms with E-state index in [2.05, 4.69) is 0 Å². The molecule has 1 aliphatic carbocycles. The van der Waals surface area contributed by atoms with Crippen molar-refractivity contribution in [2.45, 2.75) is 25.4 Å². The monoisotopic (exact) mass is 328 g/mol. The van der Waals surface area contributed by atoms with Crippen molar-refractivity contribution in [3.8, 4) is 5.75 Å². The van der Waals surface area contributed by atoms with E-state index in [0.29, 0.717) is 30.6 Å². The summed E-state index contributed by atoms with van der Waals surface area (Å²) in [7, 11) is 0. The number of carboxylic acid groups (broad SMARTS) is 1. The number of carbonyl (C=O) groups excluding carboxylic acids is 1. The second-order valence-electron chi connectivity index (χ2n) is 5.92. The molecule has 4 nitrogen and oxygen atoms in total. The second-order valence-corrected chi connectivity index (χ2v) is 5.92. The third-order valence-electron chi connectivity index (χ3n) is 4.27. The maximum atomic E-state index is 13.7. The number of carbonyl (C=O) groups is 2. The van der Waals surface area contributed by atoms with Gasteiger partial charge in [0.1, 0.15) is 11.6 Å². The van der Waals surface area contributed by atoms with Gasteiger partial charge in [0.2, 0.25) is 0 Å². The number of benzene rings is 2. The van der Waals surface area contributed by atoms with Crippen LogP contribution in [-0.4, -0.2) is 23.0 Å². The minimum Gasteiger partial charge on any atom is -0.490 e. The Morgan fingerprint density at radius 3 is 2.38 bits per heavy atom. The van der Waals surface area contributed by atoms with E-state index in [0.717, 1.165) is 0 Å². The van der Waals surface area contributed by atoms with E-state index in [1.54, 1.807) is 30.3 Å². The van der Waals surface area contributed by atoms with E-state index in [1.165, 1.54) is 18.2 Å². The Kier molecular flexibility index (Phi) is 4.60. The summed E-state index contributed by atoms with van der Waals surface area (Å²) in [5.41, 5.74) is 0.411. The standard InChI is InChI=1S/C19H17FO4/c20-17-4-2-1-3-16(17)18(21)12-5-8-14(9-6-12)24-15-10-7-13(11-15)19(22)23/h1-6,8-9,13,15H,7,10-11H2,(H,22,23)/t13-,15-/m0/s1. The SMILES string of the molecule is O=C(c1ccc(O[C@H]2CC[C@H](C(=O)O)C2)cc1)c1ccccc1F. The Hall–Kier alpha value is -2.69. The molecule has 124 valence electrons. The third kappa shape index (κ3) is 3.45. The second kappa shape index (κ2) is 6.83. The molecule has 0 spiro atoms. The zero-order valence-electron chi connectivity index (χ0n) is 12.9. The maximum absolute atomic E-state index is 13.7. The van der Waals surface area contributed by atoms with Crippen molar-refractivity contribution in [3.05, 3.63) is 65.5 Å². The number of hydrogen-bond donors (Lipinski definition) is 1. The molecule has 2 aromatic carbocycles.